The van der Waals surface area contributed by atoms with E-state index in [1.165, 1.54) is 37.7 Å². The third-order valence-electron chi connectivity index (χ3n) is 4.40. The molecule has 4 heteroatoms. The van der Waals surface area contributed by atoms with Crippen LogP contribution in [0.4, 0.5) is 0 Å². The summed E-state index contributed by atoms with van der Waals surface area (Å²) in [7, 11) is 0. The Bertz CT molecular complexity index is 675. The number of rotatable bonds is 3. The summed E-state index contributed by atoms with van der Waals surface area (Å²) in [5.74, 6) is 0.0277. The summed E-state index contributed by atoms with van der Waals surface area (Å²) in [4.78, 5) is 11.6. The second-order valence-corrected chi connectivity index (χ2v) is 6.04. The van der Waals surface area contributed by atoms with Crippen molar-refractivity contribution in [3.05, 3.63) is 41.5 Å². The van der Waals surface area contributed by atoms with Gasteiger partial charge in [-0.05, 0) is 35.8 Å². The minimum absolute atomic E-state index is 0.263. The average Bonchev–Trinajstić information content (AvgIpc) is 2.53. The Labute approximate surface area is 138 Å². The van der Waals surface area contributed by atoms with Gasteiger partial charge in [-0.15, -0.1) is 0 Å². The van der Waals surface area contributed by atoms with Gasteiger partial charge in [0.25, 0.3) is 0 Å². The largest absolute Gasteiger partial charge is 0.478 e. The first-order chi connectivity index (χ1) is 10.2. The smallest absolute Gasteiger partial charge is 0.340 e. The van der Waals surface area contributed by atoms with Crippen molar-refractivity contribution in [2.75, 3.05) is 0 Å². The molecule has 0 unspecified atom stereocenters. The van der Waals surface area contributed by atoms with Crippen LogP contribution < -0.4 is 3.07 Å². The molecule has 0 aliphatic heterocycles. The maximum absolute atomic E-state index is 11.6. The lowest BCUT2D eigenvalue weighted by molar-refractivity contribution is 0.0697. The summed E-state index contributed by atoms with van der Waals surface area (Å²) in [5, 5.41) is 11.3. The van der Waals surface area contributed by atoms with Crippen molar-refractivity contribution in [2.24, 2.45) is 0 Å². The predicted molar refractivity (Wildman–Crippen MR) is 91.4 cm³/mol. The van der Waals surface area contributed by atoms with Crippen LogP contribution in [0.1, 0.15) is 53.9 Å². The molecule has 0 radical (unpaired) electrons. The summed E-state index contributed by atoms with van der Waals surface area (Å²) in [5.41, 5.74) is 1.55. The van der Waals surface area contributed by atoms with Crippen molar-refractivity contribution in [1.29, 1.82) is 0 Å². The molecule has 0 amide bonds. The minimum atomic E-state index is -0.937. The van der Waals surface area contributed by atoms with E-state index in [0.717, 1.165) is 10.8 Å². The Kier molecular flexibility index (Phi) is 4.33. The Balaban J connectivity index is 2.20. The highest BCUT2D eigenvalue weighted by Gasteiger charge is 2.21. The van der Waals surface area contributed by atoms with E-state index in [4.69, 9.17) is 3.07 Å². The van der Waals surface area contributed by atoms with E-state index in [1.807, 2.05) is 18.2 Å². The number of carbonyl (C=O) groups is 1. The van der Waals surface area contributed by atoms with Crippen molar-refractivity contribution in [3.8, 4) is 5.75 Å². The van der Waals surface area contributed by atoms with E-state index < -0.39 is 5.97 Å². The second kappa shape index (κ2) is 6.22. The van der Waals surface area contributed by atoms with E-state index >= 15 is 0 Å². The molecule has 0 saturated heterocycles. The van der Waals surface area contributed by atoms with E-state index in [-0.39, 0.29) is 5.56 Å². The highest BCUT2D eigenvalue weighted by molar-refractivity contribution is 14.1. The van der Waals surface area contributed by atoms with Crippen LogP contribution in [0.3, 0.4) is 0 Å². The maximum Gasteiger partial charge on any atom is 0.340 e. The van der Waals surface area contributed by atoms with E-state index in [9.17, 15) is 9.90 Å². The highest BCUT2D eigenvalue weighted by Crippen LogP contribution is 2.39. The summed E-state index contributed by atoms with van der Waals surface area (Å²) in [6.07, 6.45) is 6.25. The summed E-state index contributed by atoms with van der Waals surface area (Å²) >= 11 is 1.73. The molecule has 110 valence electrons. The second-order valence-electron chi connectivity index (χ2n) is 5.60. The lowest BCUT2D eigenvalue weighted by atomic mass is 9.81. The monoisotopic (exact) mass is 396 g/mol. The van der Waals surface area contributed by atoms with Crippen LogP contribution in [0.25, 0.3) is 10.8 Å². The van der Waals surface area contributed by atoms with Gasteiger partial charge in [-0.3, -0.25) is 0 Å². The molecular formula is C17H17IO3. The van der Waals surface area contributed by atoms with Gasteiger partial charge in [0, 0.05) is 5.39 Å². The molecule has 1 aliphatic carbocycles. The summed E-state index contributed by atoms with van der Waals surface area (Å²) < 4.78 is 5.19. The van der Waals surface area contributed by atoms with E-state index in [0.29, 0.717) is 11.7 Å². The van der Waals surface area contributed by atoms with Gasteiger partial charge >= 0.3 is 5.97 Å². The van der Waals surface area contributed by atoms with Gasteiger partial charge in [-0.25, -0.2) is 4.79 Å². The third-order valence-corrected chi connectivity index (χ3v) is 4.87. The van der Waals surface area contributed by atoms with E-state index in [2.05, 4.69) is 6.07 Å². The zero-order chi connectivity index (χ0) is 14.8. The zero-order valence-corrected chi connectivity index (χ0v) is 13.8. The van der Waals surface area contributed by atoms with Crippen molar-refractivity contribution in [1.82, 2.24) is 0 Å². The molecule has 1 saturated carbocycles. The Morgan fingerprint density at radius 2 is 1.86 bits per heavy atom. The molecule has 2 aromatic rings. The molecule has 1 N–H and O–H groups in total. The number of benzene rings is 2. The molecule has 1 aliphatic rings. The zero-order valence-electron chi connectivity index (χ0n) is 11.6. The fraction of sp³-hybridized carbons (Fsp3) is 0.353. The van der Waals surface area contributed by atoms with Crippen LogP contribution >= 0.6 is 23.0 Å². The van der Waals surface area contributed by atoms with Crippen LogP contribution in [0.2, 0.25) is 0 Å². The number of hydrogen-bond acceptors (Lipinski definition) is 2. The Morgan fingerprint density at radius 3 is 2.52 bits per heavy atom. The normalized spacial score (nSPS) is 16.0. The van der Waals surface area contributed by atoms with Gasteiger partial charge in [0.15, 0.2) is 23.0 Å². The van der Waals surface area contributed by atoms with Gasteiger partial charge in [0.05, 0.1) is 0 Å². The summed E-state index contributed by atoms with van der Waals surface area (Å²) in [6.45, 7) is 0. The van der Waals surface area contributed by atoms with Crippen molar-refractivity contribution in [2.45, 2.75) is 38.0 Å². The van der Waals surface area contributed by atoms with Gasteiger partial charge < -0.3 is 8.17 Å². The molecule has 21 heavy (non-hydrogen) atoms. The first kappa shape index (κ1) is 14.6. The predicted octanol–water partition coefficient (Wildman–Crippen LogP) is 5.31. The van der Waals surface area contributed by atoms with E-state index in [1.54, 1.807) is 29.1 Å². The number of hydrogen-bond donors (Lipinski definition) is 1. The quantitative estimate of drug-likeness (QED) is 0.715. The summed E-state index contributed by atoms with van der Waals surface area (Å²) in [6, 6.07) is 9.76. The van der Waals surface area contributed by atoms with Gasteiger partial charge in [0.1, 0.15) is 11.3 Å². The lowest BCUT2D eigenvalue weighted by Gasteiger charge is -2.23. The molecule has 0 bridgehead atoms. The molecular weight excluding hydrogens is 379 g/mol. The van der Waals surface area contributed by atoms with Crippen LogP contribution in [-0.2, 0) is 0 Å². The maximum atomic E-state index is 11.6. The average molecular weight is 396 g/mol. The number of halogens is 1. The van der Waals surface area contributed by atoms with Crippen LogP contribution in [-0.4, -0.2) is 11.1 Å². The first-order valence-electron chi connectivity index (χ1n) is 7.30. The number of carboxylic acids is 1. The minimum Gasteiger partial charge on any atom is -0.478 e. The molecule has 1 fully saturated rings. The van der Waals surface area contributed by atoms with Crippen LogP contribution in [0.15, 0.2) is 30.3 Å². The number of aromatic carboxylic acids is 1. The van der Waals surface area contributed by atoms with Crippen molar-refractivity contribution < 1.29 is 13.0 Å². The third kappa shape index (κ3) is 2.73. The molecule has 0 spiro atoms. The standard InChI is InChI=1S/C17H17IO3/c18-21-15-10-9-13-12(11-5-2-1-3-6-11)7-4-8-14(13)16(15)17(19)20/h4,7-11H,1-3,5-6H2,(H,19,20). The lowest BCUT2D eigenvalue weighted by Crippen LogP contribution is -2.06. The SMILES string of the molecule is O=C(O)c1c(OI)ccc2c(C3CCCCC3)cccc12. The molecule has 0 heterocycles. The molecule has 2 aromatic carbocycles. The first-order valence-corrected chi connectivity index (χ1v) is 8.18. The van der Waals surface area contributed by atoms with Crippen molar-refractivity contribution >= 4 is 39.7 Å². The van der Waals surface area contributed by atoms with Crippen LogP contribution in [0.5, 0.6) is 5.75 Å². The van der Waals surface area contributed by atoms with Gasteiger partial charge in [-0.2, -0.15) is 0 Å². The molecule has 0 atom stereocenters. The molecule has 3 nitrogen and oxygen atoms in total. The Hall–Kier alpha value is -1.30. The Morgan fingerprint density at radius 1 is 1.10 bits per heavy atom. The fourth-order valence-corrected chi connectivity index (χ4v) is 3.78. The van der Waals surface area contributed by atoms with Crippen molar-refractivity contribution in [3.63, 3.8) is 0 Å². The molecule has 3 rings (SSSR count). The topological polar surface area (TPSA) is 46.5 Å². The van der Waals surface area contributed by atoms with Crippen LogP contribution in [0, 0.1) is 0 Å². The van der Waals surface area contributed by atoms with Gasteiger partial charge in [0.2, 0.25) is 0 Å². The fourth-order valence-electron chi connectivity index (χ4n) is 3.42. The van der Waals surface area contributed by atoms with Gasteiger partial charge in [-0.1, -0.05) is 43.5 Å². The highest BCUT2D eigenvalue weighted by atomic mass is 127. The molecule has 0 aromatic heterocycles. The number of carboxylic acid groups (broad SMARTS) is 1. The number of fused-ring (bicyclic) bond motifs is 1.